The standard InChI is InChI=1S/C14H22N2O2/c1-4-18-12-7-5-11(6-8-12)16-14(17)13(15)9-10(2)3/h5-8,10,13H,4,9,15H2,1-3H3,(H,16,17)/t13-/m1/s1. The number of nitrogens with two attached hydrogens (primary N) is 1. The molecule has 0 radical (unpaired) electrons. The minimum atomic E-state index is -0.462. The van der Waals surface area contributed by atoms with Crippen molar-refractivity contribution in [3.63, 3.8) is 0 Å². The predicted molar refractivity (Wildman–Crippen MR) is 73.7 cm³/mol. The number of hydrogen-bond donors (Lipinski definition) is 2. The summed E-state index contributed by atoms with van der Waals surface area (Å²) in [6, 6.07) is 6.81. The number of nitrogens with one attached hydrogen (secondary N) is 1. The lowest BCUT2D eigenvalue weighted by Gasteiger charge is -2.14. The summed E-state index contributed by atoms with van der Waals surface area (Å²) in [4.78, 5) is 11.8. The average molecular weight is 250 g/mol. The molecule has 1 atom stereocenters. The third kappa shape index (κ3) is 4.75. The van der Waals surface area contributed by atoms with E-state index in [1.165, 1.54) is 0 Å². The quantitative estimate of drug-likeness (QED) is 0.814. The number of carbonyl (C=O) groups is 1. The number of amides is 1. The van der Waals surface area contributed by atoms with Crippen LogP contribution in [0.1, 0.15) is 27.2 Å². The summed E-state index contributed by atoms with van der Waals surface area (Å²) < 4.78 is 5.33. The maximum absolute atomic E-state index is 11.8. The molecule has 0 unspecified atom stereocenters. The van der Waals surface area contributed by atoms with E-state index >= 15 is 0 Å². The number of hydrogen-bond acceptors (Lipinski definition) is 3. The summed E-state index contributed by atoms with van der Waals surface area (Å²) in [7, 11) is 0. The van der Waals surface area contributed by atoms with Crippen LogP contribution in [-0.4, -0.2) is 18.6 Å². The van der Waals surface area contributed by atoms with E-state index in [2.05, 4.69) is 5.32 Å². The first kappa shape index (κ1) is 14.5. The van der Waals surface area contributed by atoms with Crippen molar-refractivity contribution in [1.29, 1.82) is 0 Å². The predicted octanol–water partition coefficient (Wildman–Crippen LogP) is 2.40. The molecule has 1 amide bonds. The van der Waals surface area contributed by atoms with Crippen molar-refractivity contribution in [2.24, 2.45) is 11.7 Å². The molecule has 3 N–H and O–H groups in total. The van der Waals surface area contributed by atoms with Gasteiger partial charge in [-0.2, -0.15) is 0 Å². The van der Waals surface area contributed by atoms with Crippen molar-refractivity contribution in [2.75, 3.05) is 11.9 Å². The van der Waals surface area contributed by atoms with Gasteiger partial charge in [0.15, 0.2) is 0 Å². The van der Waals surface area contributed by atoms with Gasteiger partial charge in [0.25, 0.3) is 0 Å². The van der Waals surface area contributed by atoms with Crippen molar-refractivity contribution >= 4 is 11.6 Å². The molecule has 1 aromatic carbocycles. The molecule has 1 rings (SSSR count). The lowest BCUT2D eigenvalue weighted by Crippen LogP contribution is -2.36. The normalized spacial score (nSPS) is 12.3. The monoisotopic (exact) mass is 250 g/mol. The summed E-state index contributed by atoms with van der Waals surface area (Å²) in [6.45, 7) is 6.65. The molecule has 0 fully saturated rings. The Kier molecular flexibility index (Phi) is 5.65. The highest BCUT2D eigenvalue weighted by atomic mass is 16.5. The third-order valence-electron chi connectivity index (χ3n) is 2.49. The smallest absolute Gasteiger partial charge is 0.241 e. The Morgan fingerprint density at radius 2 is 1.94 bits per heavy atom. The highest BCUT2D eigenvalue weighted by Crippen LogP contribution is 2.16. The summed E-state index contributed by atoms with van der Waals surface area (Å²) in [5, 5.41) is 2.80. The molecule has 1 aromatic rings. The van der Waals surface area contributed by atoms with E-state index in [4.69, 9.17) is 10.5 Å². The summed E-state index contributed by atoms with van der Waals surface area (Å²) in [6.07, 6.45) is 0.683. The fourth-order valence-corrected chi connectivity index (χ4v) is 1.65. The van der Waals surface area contributed by atoms with Gasteiger partial charge in [0.05, 0.1) is 12.6 Å². The molecule has 18 heavy (non-hydrogen) atoms. The fourth-order valence-electron chi connectivity index (χ4n) is 1.65. The Hall–Kier alpha value is -1.55. The second kappa shape index (κ2) is 7.01. The van der Waals surface area contributed by atoms with Crippen molar-refractivity contribution in [3.8, 4) is 5.75 Å². The number of carbonyl (C=O) groups excluding carboxylic acids is 1. The second-order valence-electron chi connectivity index (χ2n) is 4.68. The molecule has 0 spiro atoms. The number of benzene rings is 1. The molecule has 4 heteroatoms. The molecular formula is C14H22N2O2. The van der Waals surface area contributed by atoms with Crippen molar-refractivity contribution in [2.45, 2.75) is 33.2 Å². The minimum Gasteiger partial charge on any atom is -0.494 e. The molecule has 0 aliphatic rings. The van der Waals surface area contributed by atoms with E-state index in [-0.39, 0.29) is 5.91 Å². The maximum Gasteiger partial charge on any atom is 0.241 e. The van der Waals surface area contributed by atoms with E-state index in [0.29, 0.717) is 18.9 Å². The Morgan fingerprint density at radius 3 is 2.44 bits per heavy atom. The highest BCUT2D eigenvalue weighted by molar-refractivity contribution is 5.94. The van der Waals surface area contributed by atoms with Crippen LogP contribution >= 0.6 is 0 Å². The summed E-state index contributed by atoms with van der Waals surface area (Å²) in [5.41, 5.74) is 6.55. The van der Waals surface area contributed by atoms with Gasteiger partial charge < -0.3 is 15.8 Å². The molecule has 0 aliphatic carbocycles. The van der Waals surface area contributed by atoms with Gasteiger partial charge in [-0.1, -0.05) is 13.8 Å². The molecule has 0 aliphatic heterocycles. The van der Waals surface area contributed by atoms with E-state index in [9.17, 15) is 4.79 Å². The molecule has 100 valence electrons. The van der Waals surface area contributed by atoms with Gasteiger partial charge in [-0.05, 0) is 43.5 Å². The molecule has 4 nitrogen and oxygen atoms in total. The Morgan fingerprint density at radius 1 is 1.33 bits per heavy atom. The molecule has 0 aromatic heterocycles. The van der Waals surface area contributed by atoms with Crippen LogP contribution in [0.2, 0.25) is 0 Å². The van der Waals surface area contributed by atoms with E-state index in [1.54, 1.807) is 0 Å². The SMILES string of the molecule is CCOc1ccc(NC(=O)[C@H](N)CC(C)C)cc1. The van der Waals surface area contributed by atoms with E-state index in [1.807, 2.05) is 45.0 Å². The largest absolute Gasteiger partial charge is 0.494 e. The van der Waals surface area contributed by atoms with Crippen LogP contribution in [0.15, 0.2) is 24.3 Å². The van der Waals surface area contributed by atoms with Crippen LogP contribution in [0.3, 0.4) is 0 Å². The van der Waals surface area contributed by atoms with Crippen LogP contribution in [-0.2, 0) is 4.79 Å². The van der Waals surface area contributed by atoms with Gasteiger partial charge in [0.1, 0.15) is 5.75 Å². The van der Waals surface area contributed by atoms with Gasteiger partial charge in [0, 0.05) is 5.69 Å². The van der Waals surface area contributed by atoms with Crippen molar-refractivity contribution in [3.05, 3.63) is 24.3 Å². The topological polar surface area (TPSA) is 64.3 Å². The average Bonchev–Trinajstić information content (AvgIpc) is 2.31. The minimum absolute atomic E-state index is 0.146. The van der Waals surface area contributed by atoms with Crippen molar-refractivity contribution in [1.82, 2.24) is 0 Å². The van der Waals surface area contributed by atoms with Gasteiger partial charge in [-0.3, -0.25) is 4.79 Å². The Bertz CT molecular complexity index is 374. The van der Waals surface area contributed by atoms with Crippen LogP contribution in [0.4, 0.5) is 5.69 Å². The van der Waals surface area contributed by atoms with Crippen LogP contribution in [0.25, 0.3) is 0 Å². The Labute approximate surface area is 109 Å². The first-order chi connectivity index (χ1) is 8.52. The molecule has 0 saturated carbocycles. The van der Waals surface area contributed by atoms with Crippen LogP contribution < -0.4 is 15.8 Å². The molecule has 0 bridgehead atoms. The van der Waals surface area contributed by atoms with Crippen LogP contribution in [0.5, 0.6) is 5.75 Å². The van der Waals surface area contributed by atoms with Crippen molar-refractivity contribution < 1.29 is 9.53 Å². The molecular weight excluding hydrogens is 228 g/mol. The zero-order valence-corrected chi connectivity index (χ0v) is 11.3. The number of anilines is 1. The number of rotatable bonds is 6. The zero-order valence-electron chi connectivity index (χ0n) is 11.3. The highest BCUT2D eigenvalue weighted by Gasteiger charge is 2.14. The first-order valence-corrected chi connectivity index (χ1v) is 6.32. The first-order valence-electron chi connectivity index (χ1n) is 6.32. The van der Waals surface area contributed by atoms with Gasteiger partial charge in [-0.15, -0.1) is 0 Å². The zero-order chi connectivity index (χ0) is 13.5. The molecule has 0 saturated heterocycles. The van der Waals surface area contributed by atoms with Gasteiger partial charge in [-0.25, -0.2) is 0 Å². The van der Waals surface area contributed by atoms with Crippen LogP contribution in [0, 0.1) is 5.92 Å². The molecule has 0 heterocycles. The van der Waals surface area contributed by atoms with E-state index in [0.717, 1.165) is 11.4 Å². The second-order valence-corrected chi connectivity index (χ2v) is 4.68. The summed E-state index contributed by atoms with van der Waals surface area (Å²) in [5.74, 6) is 1.06. The lowest BCUT2D eigenvalue weighted by atomic mass is 10.0. The number of ether oxygens (including phenoxy) is 1. The van der Waals surface area contributed by atoms with E-state index < -0.39 is 6.04 Å². The summed E-state index contributed by atoms with van der Waals surface area (Å²) >= 11 is 0. The van der Waals surface area contributed by atoms with Gasteiger partial charge >= 0.3 is 0 Å². The lowest BCUT2D eigenvalue weighted by molar-refractivity contribution is -0.117. The third-order valence-corrected chi connectivity index (χ3v) is 2.49. The van der Waals surface area contributed by atoms with Gasteiger partial charge in [0.2, 0.25) is 5.91 Å². The Balaban J connectivity index is 2.53. The maximum atomic E-state index is 11.8. The fraction of sp³-hybridized carbons (Fsp3) is 0.500.